The largest absolute Gasteiger partial charge is 0.382 e. The first kappa shape index (κ1) is 9.46. The van der Waals surface area contributed by atoms with Gasteiger partial charge in [-0.3, -0.25) is 4.98 Å². The van der Waals surface area contributed by atoms with E-state index in [1.54, 1.807) is 0 Å². The topological polar surface area (TPSA) is 37.0 Å². The third-order valence-electron chi connectivity index (χ3n) is 2.67. The average molecular weight is 191 g/mol. The molecule has 1 aromatic heterocycles. The fraction of sp³-hybridized carbons (Fsp3) is 0.545. The van der Waals surface area contributed by atoms with Crippen molar-refractivity contribution in [2.24, 2.45) is 0 Å². The maximum atomic E-state index is 4.00. The summed E-state index contributed by atoms with van der Waals surface area (Å²) in [7, 11) is 0. The van der Waals surface area contributed by atoms with E-state index in [0.29, 0.717) is 12.1 Å². The smallest absolute Gasteiger partial charge is 0.0373 e. The number of nitrogens with one attached hydrogen (secondary N) is 2. The minimum absolute atomic E-state index is 0.605. The fourth-order valence-corrected chi connectivity index (χ4v) is 1.95. The van der Waals surface area contributed by atoms with Crippen LogP contribution in [-0.2, 0) is 0 Å². The van der Waals surface area contributed by atoms with Crippen molar-refractivity contribution in [2.45, 2.75) is 31.8 Å². The molecule has 3 nitrogen and oxygen atoms in total. The number of nitrogens with zero attached hydrogens (tertiary/aromatic N) is 1. The summed E-state index contributed by atoms with van der Waals surface area (Å²) in [6.07, 6.45) is 6.05. The van der Waals surface area contributed by atoms with Crippen molar-refractivity contribution in [3.8, 4) is 0 Å². The molecule has 2 N–H and O–H groups in total. The maximum Gasteiger partial charge on any atom is 0.0373 e. The summed E-state index contributed by atoms with van der Waals surface area (Å²) in [6.45, 7) is 3.35. The van der Waals surface area contributed by atoms with Crippen LogP contribution in [0.2, 0.25) is 0 Å². The minimum atomic E-state index is 0.605. The van der Waals surface area contributed by atoms with Crippen LogP contribution in [0.25, 0.3) is 0 Å². The van der Waals surface area contributed by atoms with E-state index in [-0.39, 0.29) is 0 Å². The molecule has 1 saturated heterocycles. The molecule has 1 aromatic rings. The van der Waals surface area contributed by atoms with Gasteiger partial charge >= 0.3 is 0 Å². The van der Waals surface area contributed by atoms with Crippen molar-refractivity contribution in [3.63, 3.8) is 0 Å². The predicted molar refractivity (Wildman–Crippen MR) is 58.3 cm³/mol. The molecule has 0 bridgehead atoms. The Morgan fingerprint density at radius 1 is 1.43 bits per heavy atom. The van der Waals surface area contributed by atoms with Crippen molar-refractivity contribution in [2.75, 3.05) is 11.9 Å². The van der Waals surface area contributed by atoms with Gasteiger partial charge in [0.2, 0.25) is 0 Å². The highest BCUT2D eigenvalue weighted by Crippen LogP contribution is 2.14. The van der Waals surface area contributed by atoms with Gasteiger partial charge in [-0.2, -0.15) is 0 Å². The Hall–Kier alpha value is -1.09. The molecule has 2 unspecified atom stereocenters. The minimum Gasteiger partial charge on any atom is -0.382 e. The van der Waals surface area contributed by atoms with Crippen LogP contribution in [0.5, 0.6) is 0 Å². The number of anilines is 1. The van der Waals surface area contributed by atoms with Crippen molar-refractivity contribution in [1.29, 1.82) is 0 Å². The zero-order valence-corrected chi connectivity index (χ0v) is 8.53. The predicted octanol–water partition coefficient (Wildman–Crippen LogP) is 1.63. The number of pyridine rings is 1. The molecule has 0 amide bonds. The Bertz CT molecular complexity index is 273. The van der Waals surface area contributed by atoms with Crippen LogP contribution in [0.3, 0.4) is 0 Å². The molecule has 0 aliphatic carbocycles. The lowest BCUT2D eigenvalue weighted by atomic mass is 10.0. The summed E-state index contributed by atoms with van der Waals surface area (Å²) in [4.78, 5) is 4.00. The van der Waals surface area contributed by atoms with E-state index >= 15 is 0 Å². The van der Waals surface area contributed by atoms with Gasteiger partial charge in [-0.15, -0.1) is 0 Å². The Kier molecular flexibility index (Phi) is 2.99. The van der Waals surface area contributed by atoms with Crippen LogP contribution in [-0.4, -0.2) is 23.6 Å². The number of hydrogen-bond donors (Lipinski definition) is 2. The molecule has 0 aromatic carbocycles. The standard InChI is InChI=1S/C11H17N3/c1-9-8-11(4-7-13-9)14-10-2-5-12-6-3-10/h2-3,5-6,9,11,13H,4,7-8H2,1H3,(H,12,14). The van der Waals surface area contributed by atoms with Gasteiger partial charge in [0.1, 0.15) is 0 Å². The molecule has 76 valence electrons. The molecule has 2 heterocycles. The number of hydrogen-bond acceptors (Lipinski definition) is 3. The summed E-state index contributed by atoms with van der Waals surface area (Å²) < 4.78 is 0. The number of aromatic nitrogens is 1. The molecular weight excluding hydrogens is 174 g/mol. The molecule has 0 radical (unpaired) electrons. The van der Waals surface area contributed by atoms with Gasteiger partial charge in [0.15, 0.2) is 0 Å². The first-order chi connectivity index (χ1) is 6.84. The Morgan fingerprint density at radius 2 is 2.21 bits per heavy atom. The monoisotopic (exact) mass is 191 g/mol. The number of piperidine rings is 1. The molecule has 3 heteroatoms. The van der Waals surface area contributed by atoms with Gasteiger partial charge in [-0.05, 0) is 38.4 Å². The zero-order valence-electron chi connectivity index (χ0n) is 8.53. The van der Waals surface area contributed by atoms with Crippen LogP contribution in [0, 0.1) is 0 Å². The van der Waals surface area contributed by atoms with Gasteiger partial charge < -0.3 is 10.6 Å². The quantitative estimate of drug-likeness (QED) is 0.746. The normalized spacial score (nSPS) is 27.2. The fourth-order valence-electron chi connectivity index (χ4n) is 1.95. The van der Waals surface area contributed by atoms with Crippen LogP contribution in [0.15, 0.2) is 24.5 Å². The lowest BCUT2D eigenvalue weighted by Crippen LogP contribution is -2.41. The Balaban J connectivity index is 1.91. The zero-order chi connectivity index (χ0) is 9.80. The summed E-state index contributed by atoms with van der Waals surface area (Å²) >= 11 is 0. The highest BCUT2D eigenvalue weighted by Gasteiger charge is 2.17. The lowest BCUT2D eigenvalue weighted by Gasteiger charge is -2.29. The number of rotatable bonds is 2. The second-order valence-electron chi connectivity index (χ2n) is 3.96. The van der Waals surface area contributed by atoms with E-state index in [2.05, 4.69) is 22.5 Å². The van der Waals surface area contributed by atoms with Gasteiger partial charge in [-0.1, -0.05) is 0 Å². The molecular formula is C11H17N3. The second kappa shape index (κ2) is 4.42. The first-order valence-electron chi connectivity index (χ1n) is 5.24. The van der Waals surface area contributed by atoms with Gasteiger partial charge in [0, 0.05) is 30.2 Å². The van der Waals surface area contributed by atoms with Crippen molar-refractivity contribution in [3.05, 3.63) is 24.5 Å². The van der Waals surface area contributed by atoms with E-state index in [1.807, 2.05) is 24.5 Å². The Labute approximate surface area is 84.9 Å². The molecule has 14 heavy (non-hydrogen) atoms. The third kappa shape index (κ3) is 2.45. The molecule has 1 aliphatic heterocycles. The Morgan fingerprint density at radius 3 is 2.93 bits per heavy atom. The molecule has 0 spiro atoms. The maximum absolute atomic E-state index is 4.00. The van der Waals surface area contributed by atoms with Gasteiger partial charge in [0.25, 0.3) is 0 Å². The van der Waals surface area contributed by atoms with Gasteiger partial charge in [-0.25, -0.2) is 0 Å². The van der Waals surface area contributed by atoms with E-state index in [0.717, 1.165) is 6.54 Å². The van der Waals surface area contributed by atoms with Crippen LogP contribution in [0.1, 0.15) is 19.8 Å². The van der Waals surface area contributed by atoms with E-state index in [9.17, 15) is 0 Å². The van der Waals surface area contributed by atoms with E-state index in [4.69, 9.17) is 0 Å². The molecule has 1 fully saturated rings. The van der Waals surface area contributed by atoms with E-state index in [1.165, 1.54) is 18.5 Å². The van der Waals surface area contributed by atoms with Crippen LogP contribution >= 0.6 is 0 Å². The van der Waals surface area contributed by atoms with Gasteiger partial charge in [0.05, 0.1) is 0 Å². The molecule has 2 atom stereocenters. The van der Waals surface area contributed by atoms with E-state index < -0.39 is 0 Å². The molecule has 1 aliphatic rings. The summed E-state index contributed by atoms with van der Waals surface area (Å²) in [6, 6.07) is 5.27. The summed E-state index contributed by atoms with van der Waals surface area (Å²) in [5.41, 5.74) is 1.18. The molecule has 2 rings (SSSR count). The lowest BCUT2D eigenvalue weighted by molar-refractivity contribution is 0.396. The first-order valence-corrected chi connectivity index (χ1v) is 5.24. The van der Waals surface area contributed by atoms with Crippen molar-refractivity contribution < 1.29 is 0 Å². The second-order valence-corrected chi connectivity index (χ2v) is 3.96. The van der Waals surface area contributed by atoms with Crippen LogP contribution in [0.4, 0.5) is 5.69 Å². The SMILES string of the molecule is CC1CC(Nc2ccncc2)CCN1. The summed E-state index contributed by atoms with van der Waals surface area (Å²) in [5.74, 6) is 0. The van der Waals surface area contributed by atoms with Crippen LogP contribution < -0.4 is 10.6 Å². The average Bonchev–Trinajstić information content (AvgIpc) is 2.19. The highest BCUT2D eigenvalue weighted by atomic mass is 15.0. The van der Waals surface area contributed by atoms with Crippen molar-refractivity contribution >= 4 is 5.69 Å². The van der Waals surface area contributed by atoms with Crippen molar-refractivity contribution in [1.82, 2.24) is 10.3 Å². The third-order valence-corrected chi connectivity index (χ3v) is 2.67. The molecule has 0 saturated carbocycles. The highest BCUT2D eigenvalue weighted by molar-refractivity contribution is 5.41. The summed E-state index contributed by atoms with van der Waals surface area (Å²) in [5, 5.41) is 6.98.